The van der Waals surface area contributed by atoms with Gasteiger partial charge in [-0.2, -0.15) is 0 Å². The van der Waals surface area contributed by atoms with Crippen LogP contribution in [-0.4, -0.2) is 4.57 Å². The normalized spacial score (nSPS) is 11.9. The SMILES string of the molecule is c1ccc(N(c2ccc3c(ccc4oc5cc(-c6cccc7c8ccccc8n(-c8ccccc8)c67)ccc5c43)c2)c2ccc3ccc4ccccc4c3c2)cc1. The summed E-state index contributed by atoms with van der Waals surface area (Å²) in [4.78, 5) is 2.36. The van der Waals surface area contributed by atoms with Crippen LogP contribution in [-0.2, 0) is 0 Å². The number of benzene rings is 10. The van der Waals surface area contributed by atoms with Crippen LogP contribution >= 0.6 is 0 Å². The lowest BCUT2D eigenvalue weighted by molar-refractivity contribution is 0.669. The molecule has 266 valence electrons. The molecule has 57 heavy (non-hydrogen) atoms. The van der Waals surface area contributed by atoms with E-state index in [2.05, 4.69) is 216 Å². The Hall–Kier alpha value is -7.62. The van der Waals surface area contributed by atoms with Crippen molar-refractivity contribution in [3.63, 3.8) is 0 Å². The number of hydrogen-bond donors (Lipinski definition) is 0. The molecule has 0 saturated heterocycles. The molecule has 0 unspecified atom stereocenters. The van der Waals surface area contributed by atoms with Crippen molar-refractivity contribution in [3.8, 4) is 16.8 Å². The first-order valence-electron chi connectivity index (χ1n) is 19.5. The number of fused-ring (bicyclic) bond motifs is 11. The first-order chi connectivity index (χ1) is 28.3. The minimum absolute atomic E-state index is 0.882. The third-order valence-corrected chi connectivity index (χ3v) is 11.7. The fourth-order valence-electron chi connectivity index (χ4n) is 9.15. The van der Waals surface area contributed by atoms with Crippen LogP contribution in [0.2, 0.25) is 0 Å². The van der Waals surface area contributed by atoms with Gasteiger partial charge in [0.15, 0.2) is 0 Å². The average Bonchev–Trinajstić information content (AvgIpc) is 3.83. The third-order valence-electron chi connectivity index (χ3n) is 11.7. The zero-order valence-corrected chi connectivity index (χ0v) is 30.9. The van der Waals surface area contributed by atoms with Crippen molar-refractivity contribution in [3.05, 3.63) is 206 Å². The van der Waals surface area contributed by atoms with Crippen molar-refractivity contribution in [1.82, 2.24) is 4.57 Å². The van der Waals surface area contributed by atoms with Gasteiger partial charge in [-0.05, 0) is 111 Å². The molecule has 0 spiro atoms. The molecule has 0 atom stereocenters. The number of nitrogens with zero attached hydrogens (tertiary/aromatic N) is 2. The van der Waals surface area contributed by atoms with Gasteiger partial charge in [0.1, 0.15) is 11.2 Å². The summed E-state index contributed by atoms with van der Waals surface area (Å²) in [5.74, 6) is 0. The highest BCUT2D eigenvalue weighted by Gasteiger charge is 2.19. The molecule has 0 bridgehead atoms. The molecule has 10 aromatic carbocycles. The maximum absolute atomic E-state index is 6.68. The second-order valence-electron chi connectivity index (χ2n) is 14.9. The summed E-state index contributed by atoms with van der Waals surface area (Å²) in [6, 6.07) is 74.4. The Morgan fingerprint density at radius 2 is 1.04 bits per heavy atom. The molecule has 0 saturated carbocycles. The Morgan fingerprint density at radius 3 is 1.91 bits per heavy atom. The minimum atomic E-state index is 0.882. The molecule has 2 aromatic heterocycles. The van der Waals surface area contributed by atoms with Gasteiger partial charge in [0.2, 0.25) is 0 Å². The molecular formula is C54H34N2O. The second kappa shape index (κ2) is 12.5. The van der Waals surface area contributed by atoms with Gasteiger partial charge in [-0.15, -0.1) is 0 Å². The van der Waals surface area contributed by atoms with Crippen LogP contribution < -0.4 is 4.90 Å². The summed E-state index contributed by atoms with van der Waals surface area (Å²) in [7, 11) is 0. The lowest BCUT2D eigenvalue weighted by Crippen LogP contribution is -2.09. The Balaban J connectivity index is 1.01. The monoisotopic (exact) mass is 726 g/mol. The summed E-state index contributed by atoms with van der Waals surface area (Å²) in [5, 5.41) is 12.1. The van der Waals surface area contributed by atoms with Gasteiger partial charge in [0.25, 0.3) is 0 Å². The van der Waals surface area contributed by atoms with Crippen molar-refractivity contribution in [2.45, 2.75) is 0 Å². The summed E-state index contributed by atoms with van der Waals surface area (Å²) in [5.41, 5.74) is 10.9. The molecule has 12 rings (SSSR count). The van der Waals surface area contributed by atoms with Gasteiger partial charge < -0.3 is 13.9 Å². The molecule has 0 amide bonds. The van der Waals surface area contributed by atoms with E-state index < -0.39 is 0 Å². The quantitative estimate of drug-likeness (QED) is 0.165. The Bertz CT molecular complexity index is 3520. The first kappa shape index (κ1) is 31.7. The Labute approximate surface area is 328 Å². The number of para-hydroxylation sites is 4. The number of rotatable bonds is 5. The van der Waals surface area contributed by atoms with Crippen molar-refractivity contribution < 1.29 is 4.42 Å². The number of hydrogen-bond acceptors (Lipinski definition) is 2. The van der Waals surface area contributed by atoms with Crippen molar-refractivity contribution >= 4 is 93.1 Å². The predicted molar refractivity (Wildman–Crippen MR) is 241 cm³/mol. The molecule has 12 aromatic rings. The van der Waals surface area contributed by atoms with Gasteiger partial charge in [-0.3, -0.25) is 0 Å². The summed E-state index contributed by atoms with van der Waals surface area (Å²) in [6.07, 6.45) is 0. The third kappa shape index (κ3) is 4.92. The van der Waals surface area contributed by atoms with Gasteiger partial charge in [-0.25, -0.2) is 0 Å². The van der Waals surface area contributed by atoms with E-state index >= 15 is 0 Å². The highest BCUT2D eigenvalue weighted by Crippen LogP contribution is 2.43. The van der Waals surface area contributed by atoms with Crippen molar-refractivity contribution in [2.75, 3.05) is 4.90 Å². The van der Waals surface area contributed by atoms with Crippen LogP contribution in [0.15, 0.2) is 211 Å². The highest BCUT2D eigenvalue weighted by molar-refractivity contribution is 6.20. The maximum atomic E-state index is 6.68. The van der Waals surface area contributed by atoms with Crippen molar-refractivity contribution in [2.24, 2.45) is 0 Å². The van der Waals surface area contributed by atoms with E-state index in [9.17, 15) is 0 Å². The van der Waals surface area contributed by atoms with Gasteiger partial charge in [-0.1, -0.05) is 133 Å². The summed E-state index contributed by atoms with van der Waals surface area (Å²) >= 11 is 0. The van der Waals surface area contributed by atoms with Crippen LogP contribution in [0.1, 0.15) is 0 Å². The molecule has 0 aliphatic carbocycles. The smallest absolute Gasteiger partial charge is 0.136 e. The largest absolute Gasteiger partial charge is 0.456 e. The zero-order valence-electron chi connectivity index (χ0n) is 30.9. The molecular weight excluding hydrogens is 693 g/mol. The lowest BCUT2D eigenvalue weighted by Gasteiger charge is -2.26. The van der Waals surface area contributed by atoms with E-state index in [0.717, 1.165) is 55.6 Å². The van der Waals surface area contributed by atoms with E-state index in [1.54, 1.807) is 0 Å². The topological polar surface area (TPSA) is 21.3 Å². The van der Waals surface area contributed by atoms with Crippen LogP contribution in [0.4, 0.5) is 17.1 Å². The van der Waals surface area contributed by atoms with Gasteiger partial charge in [0.05, 0.1) is 11.0 Å². The molecule has 0 aliphatic rings. The van der Waals surface area contributed by atoms with E-state index in [1.165, 1.54) is 54.3 Å². The predicted octanol–water partition coefficient (Wildman–Crippen LogP) is 15.3. The average molecular weight is 727 g/mol. The Morgan fingerprint density at radius 1 is 0.368 bits per heavy atom. The fraction of sp³-hybridized carbons (Fsp3) is 0. The van der Waals surface area contributed by atoms with Gasteiger partial charge in [0, 0.05) is 49.9 Å². The van der Waals surface area contributed by atoms with Crippen LogP contribution in [0, 0.1) is 0 Å². The summed E-state index contributed by atoms with van der Waals surface area (Å²) < 4.78 is 9.08. The van der Waals surface area contributed by atoms with Gasteiger partial charge >= 0.3 is 0 Å². The summed E-state index contributed by atoms with van der Waals surface area (Å²) in [6.45, 7) is 0. The zero-order chi connectivity index (χ0) is 37.5. The molecule has 2 heterocycles. The van der Waals surface area contributed by atoms with E-state index in [-0.39, 0.29) is 0 Å². The van der Waals surface area contributed by atoms with Crippen LogP contribution in [0.5, 0.6) is 0 Å². The number of aromatic nitrogens is 1. The maximum Gasteiger partial charge on any atom is 0.136 e. The van der Waals surface area contributed by atoms with E-state index in [4.69, 9.17) is 4.42 Å². The second-order valence-corrected chi connectivity index (χ2v) is 14.9. The standard InChI is InChI=1S/C54H34N2O/c1-3-13-39(14-4-1)55(42-27-24-36-23-22-35-12-7-8-17-43(35)49(36)34-42)41-28-30-44-37(32-41)26-31-51-53(44)48-29-25-38(33-52(48)57-51)45-19-11-20-47-46-18-9-10-21-50(46)56(54(45)47)40-15-5-2-6-16-40/h1-34H. The van der Waals surface area contributed by atoms with E-state index in [0.29, 0.717) is 0 Å². The van der Waals surface area contributed by atoms with Crippen molar-refractivity contribution in [1.29, 1.82) is 0 Å². The fourth-order valence-corrected chi connectivity index (χ4v) is 9.15. The number of furan rings is 1. The molecule has 0 N–H and O–H groups in total. The number of anilines is 3. The van der Waals surface area contributed by atoms with Crippen LogP contribution in [0.3, 0.4) is 0 Å². The molecule has 0 aliphatic heterocycles. The Kier molecular flexibility index (Phi) is 6.93. The van der Waals surface area contributed by atoms with Crippen LogP contribution in [0.25, 0.3) is 92.9 Å². The molecule has 0 radical (unpaired) electrons. The lowest BCUT2D eigenvalue weighted by atomic mass is 9.98. The molecule has 3 heteroatoms. The highest BCUT2D eigenvalue weighted by atomic mass is 16.3. The van der Waals surface area contributed by atoms with E-state index in [1.807, 2.05) is 0 Å². The first-order valence-corrected chi connectivity index (χ1v) is 19.5. The minimum Gasteiger partial charge on any atom is -0.456 e. The molecule has 3 nitrogen and oxygen atoms in total. The molecule has 0 fully saturated rings.